The molecule has 164 valence electrons. The molecule has 30 heavy (non-hydrogen) atoms. The normalized spacial score (nSPS) is 34.1. The van der Waals surface area contributed by atoms with Crippen molar-refractivity contribution >= 4 is 11.9 Å². The molecule has 0 spiro atoms. The van der Waals surface area contributed by atoms with E-state index in [4.69, 9.17) is 9.15 Å². The second-order valence-corrected chi connectivity index (χ2v) is 9.59. The average molecular weight is 415 g/mol. The maximum absolute atomic E-state index is 12.5. The van der Waals surface area contributed by atoms with Gasteiger partial charge in [0.05, 0.1) is 17.9 Å². The molecule has 2 aliphatic carbocycles. The lowest BCUT2D eigenvalue weighted by atomic mass is 9.47. The summed E-state index contributed by atoms with van der Waals surface area (Å²) in [7, 11) is 0. The van der Waals surface area contributed by atoms with Gasteiger partial charge in [-0.25, -0.2) is 4.79 Å². The van der Waals surface area contributed by atoms with Gasteiger partial charge in [0, 0.05) is 12.0 Å². The molecule has 5 heteroatoms. The molecule has 3 rings (SSSR count). The first-order chi connectivity index (χ1) is 14.1. The van der Waals surface area contributed by atoms with Crippen LogP contribution in [0, 0.1) is 22.7 Å². The molecule has 2 aliphatic rings. The Hall–Kier alpha value is -2.30. The van der Waals surface area contributed by atoms with E-state index in [2.05, 4.69) is 19.9 Å². The molecule has 5 nitrogen and oxygen atoms in total. The molecular weight excluding hydrogens is 380 g/mol. The number of allylic oxidation sites excluding steroid dienone is 3. The maximum atomic E-state index is 12.5. The summed E-state index contributed by atoms with van der Waals surface area (Å²) in [6.45, 7) is 9.73. The van der Waals surface area contributed by atoms with Gasteiger partial charge in [-0.15, -0.1) is 0 Å². The van der Waals surface area contributed by atoms with Crippen molar-refractivity contribution in [3.8, 4) is 0 Å². The number of carboxylic acids is 1. The molecule has 0 amide bonds. The van der Waals surface area contributed by atoms with Gasteiger partial charge in [-0.1, -0.05) is 24.6 Å². The number of hydrogen-bond acceptors (Lipinski definition) is 4. The van der Waals surface area contributed by atoms with E-state index in [1.54, 1.807) is 32.4 Å². The summed E-state index contributed by atoms with van der Waals surface area (Å²) >= 11 is 0. The largest absolute Gasteiger partial charge is 0.481 e. The summed E-state index contributed by atoms with van der Waals surface area (Å²) in [5.41, 5.74) is 1.81. The summed E-state index contributed by atoms with van der Waals surface area (Å²) < 4.78 is 11.0. The van der Waals surface area contributed by atoms with Crippen molar-refractivity contribution in [3.63, 3.8) is 0 Å². The highest BCUT2D eigenvalue weighted by Crippen LogP contribution is 2.61. The third-order valence-corrected chi connectivity index (χ3v) is 7.72. The van der Waals surface area contributed by atoms with Crippen LogP contribution in [0.15, 0.2) is 46.3 Å². The zero-order valence-corrected chi connectivity index (χ0v) is 18.7. The quantitative estimate of drug-likeness (QED) is 0.374. The predicted octanol–water partition coefficient (Wildman–Crippen LogP) is 5.56. The highest BCUT2D eigenvalue weighted by Gasteiger charge is 2.59. The third-order valence-electron chi connectivity index (χ3n) is 7.72. The molecule has 5 atom stereocenters. The van der Waals surface area contributed by atoms with Crippen molar-refractivity contribution < 1.29 is 23.8 Å². The van der Waals surface area contributed by atoms with Crippen molar-refractivity contribution in [2.24, 2.45) is 22.7 Å². The Morgan fingerprint density at radius 2 is 2.07 bits per heavy atom. The Bertz CT molecular complexity index is 849. The number of carbonyl (C=O) groups excluding carboxylic acids is 1. The van der Waals surface area contributed by atoms with Crippen LogP contribution in [0.4, 0.5) is 0 Å². The van der Waals surface area contributed by atoms with E-state index in [0.29, 0.717) is 18.4 Å². The standard InChI is InChI=1S/C25H34O5/c1-6-16(2)22(26)30-19-13-24(4)20(9-8-18-11-12-29-15-18)17(3)7-10-21(24)25(5,14-19)23(27)28/h6-7,11-12,15,19-21H,8-10,13-14H2,1-5H3,(H,27,28)/b16-6-/t19-,20+,21-,24-,25-/m1/s1. The fraction of sp³-hybridized carbons (Fsp3) is 0.600. The zero-order chi connectivity index (χ0) is 22.1. The Balaban J connectivity index is 1.93. The van der Waals surface area contributed by atoms with Crippen LogP contribution >= 0.6 is 0 Å². The van der Waals surface area contributed by atoms with E-state index >= 15 is 0 Å². The summed E-state index contributed by atoms with van der Waals surface area (Å²) in [6, 6.07) is 1.98. The highest BCUT2D eigenvalue weighted by atomic mass is 16.5. The van der Waals surface area contributed by atoms with Gasteiger partial charge >= 0.3 is 11.9 Å². The van der Waals surface area contributed by atoms with Crippen molar-refractivity contribution in [2.45, 2.75) is 72.8 Å². The van der Waals surface area contributed by atoms with Crippen LogP contribution in [0.1, 0.15) is 65.9 Å². The van der Waals surface area contributed by atoms with Crippen molar-refractivity contribution in [2.75, 3.05) is 0 Å². The van der Waals surface area contributed by atoms with Crippen molar-refractivity contribution in [1.29, 1.82) is 0 Å². The van der Waals surface area contributed by atoms with Crippen LogP contribution in [0.25, 0.3) is 0 Å². The number of ether oxygens (including phenoxy) is 1. The number of fused-ring (bicyclic) bond motifs is 1. The Labute approximate surface area is 179 Å². The number of esters is 1. The predicted molar refractivity (Wildman–Crippen MR) is 115 cm³/mol. The van der Waals surface area contributed by atoms with Crippen LogP contribution in [0.2, 0.25) is 0 Å². The topological polar surface area (TPSA) is 76.7 Å². The lowest BCUT2D eigenvalue weighted by molar-refractivity contribution is -0.179. The Morgan fingerprint density at radius 3 is 2.67 bits per heavy atom. The first kappa shape index (κ1) is 22.4. The smallest absolute Gasteiger partial charge is 0.333 e. The van der Waals surface area contributed by atoms with Gasteiger partial charge in [0.15, 0.2) is 0 Å². The molecule has 0 saturated heterocycles. The van der Waals surface area contributed by atoms with Gasteiger partial charge in [-0.05, 0) is 82.3 Å². The molecule has 0 radical (unpaired) electrons. The van der Waals surface area contributed by atoms with E-state index in [1.807, 2.05) is 13.0 Å². The third kappa shape index (κ3) is 3.99. The number of rotatable bonds is 6. The molecule has 1 saturated carbocycles. The van der Waals surface area contributed by atoms with E-state index in [0.717, 1.165) is 24.8 Å². The van der Waals surface area contributed by atoms with Crippen LogP contribution < -0.4 is 0 Å². The molecule has 1 fully saturated rings. The summed E-state index contributed by atoms with van der Waals surface area (Å²) in [6.07, 6.45) is 10.6. The maximum Gasteiger partial charge on any atom is 0.333 e. The van der Waals surface area contributed by atoms with Crippen LogP contribution in [-0.2, 0) is 20.7 Å². The second-order valence-electron chi connectivity index (χ2n) is 9.59. The van der Waals surface area contributed by atoms with Crippen LogP contribution in [0.3, 0.4) is 0 Å². The minimum atomic E-state index is -0.938. The average Bonchev–Trinajstić information content (AvgIpc) is 3.19. The number of aliphatic carboxylic acids is 1. The SMILES string of the molecule is C/C=C(/C)C(=O)O[C@@H]1C[C@@]2(C)[C@@H](CC=C(C)[C@@H]2CCc2ccoc2)[C@](C)(C(=O)O)C1. The molecule has 1 aromatic heterocycles. The molecular formula is C25H34O5. The molecule has 0 bridgehead atoms. The zero-order valence-electron chi connectivity index (χ0n) is 18.7. The monoisotopic (exact) mass is 414 g/mol. The van der Waals surface area contributed by atoms with Crippen LogP contribution in [0.5, 0.6) is 0 Å². The lowest BCUT2D eigenvalue weighted by Gasteiger charge is -2.57. The lowest BCUT2D eigenvalue weighted by Crippen LogP contribution is -2.56. The van der Waals surface area contributed by atoms with Crippen molar-refractivity contribution in [3.05, 3.63) is 47.5 Å². The molecule has 1 N–H and O–H groups in total. The van der Waals surface area contributed by atoms with E-state index < -0.39 is 17.5 Å². The number of carboxylic acid groups (broad SMARTS) is 1. The van der Waals surface area contributed by atoms with Gasteiger partial charge in [0.2, 0.25) is 0 Å². The number of hydrogen-bond donors (Lipinski definition) is 1. The van der Waals surface area contributed by atoms with Gasteiger partial charge < -0.3 is 14.3 Å². The molecule has 1 aromatic rings. The fourth-order valence-electron chi connectivity index (χ4n) is 5.91. The molecule has 1 heterocycles. The van der Waals surface area contributed by atoms with Crippen molar-refractivity contribution in [1.82, 2.24) is 0 Å². The Morgan fingerprint density at radius 1 is 1.33 bits per heavy atom. The van der Waals surface area contributed by atoms with Gasteiger partial charge in [-0.3, -0.25) is 4.79 Å². The van der Waals surface area contributed by atoms with E-state index in [9.17, 15) is 14.7 Å². The first-order valence-electron chi connectivity index (χ1n) is 10.9. The van der Waals surface area contributed by atoms with Gasteiger partial charge in [0.1, 0.15) is 6.10 Å². The summed E-state index contributed by atoms with van der Waals surface area (Å²) in [4.78, 5) is 24.9. The molecule has 0 unspecified atom stereocenters. The van der Waals surface area contributed by atoms with Gasteiger partial charge in [-0.2, -0.15) is 0 Å². The van der Waals surface area contributed by atoms with E-state index in [1.165, 1.54) is 5.57 Å². The van der Waals surface area contributed by atoms with Crippen LogP contribution in [-0.4, -0.2) is 23.1 Å². The Kier molecular flexibility index (Phi) is 6.30. The number of furan rings is 1. The summed E-state index contributed by atoms with van der Waals surface area (Å²) in [5, 5.41) is 10.2. The number of carbonyl (C=O) groups is 2. The second kappa shape index (κ2) is 8.44. The highest BCUT2D eigenvalue weighted by molar-refractivity contribution is 5.87. The van der Waals surface area contributed by atoms with Gasteiger partial charge in [0.25, 0.3) is 0 Å². The minimum absolute atomic E-state index is 0.00156. The summed E-state index contributed by atoms with van der Waals surface area (Å²) in [5.74, 6) is -0.925. The molecule has 0 aromatic carbocycles. The minimum Gasteiger partial charge on any atom is -0.481 e. The molecule has 0 aliphatic heterocycles. The fourth-order valence-corrected chi connectivity index (χ4v) is 5.91. The van der Waals surface area contributed by atoms with E-state index in [-0.39, 0.29) is 23.2 Å². The number of aryl methyl sites for hydroxylation is 1. The first-order valence-corrected chi connectivity index (χ1v) is 10.9.